The lowest BCUT2D eigenvalue weighted by Crippen LogP contribution is -2.25. The SMILES string of the molecule is C/C(=N/NC(=S)Nc1ccc(C(=O)O)cc1)c1nn(C)c(-c2cc(C)cc(C)c2)c1O. The molecule has 0 radical (unpaired) electrons. The first-order valence-electron chi connectivity index (χ1n) is 9.45. The molecule has 0 aliphatic heterocycles. The van der Waals surface area contributed by atoms with Crippen LogP contribution >= 0.6 is 12.2 Å². The van der Waals surface area contributed by atoms with Crippen molar-refractivity contribution in [1.82, 2.24) is 15.2 Å². The summed E-state index contributed by atoms with van der Waals surface area (Å²) in [6.45, 7) is 5.72. The minimum absolute atomic E-state index is 0.0405. The molecule has 9 heteroatoms. The molecule has 0 atom stereocenters. The van der Waals surface area contributed by atoms with E-state index in [0.717, 1.165) is 16.7 Å². The number of aromatic hydroxyl groups is 1. The molecule has 0 fully saturated rings. The summed E-state index contributed by atoms with van der Waals surface area (Å²) in [6, 6.07) is 12.2. The van der Waals surface area contributed by atoms with E-state index in [9.17, 15) is 9.90 Å². The molecule has 0 spiro atoms. The number of hydrogen-bond acceptors (Lipinski definition) is 5. The Kier molecular flexibility index (Phi) is 6.36. The number of thiocarbonyl (C=S) groups is 1. The molecule has 160 valence electrons. The average Bonchev–Trinajstić information content (AvgIpc) is 3.00. The van der Waals surface area contributed by atoms with Crippen LogP contribution in [0.4, 0.5) is 5.69 Å². The van der Waals surface area contributed by atoms with Gasteiger partial charge in [-0.15, -0.1) is 0 Å². The fraction of sp³-hybridized carbons (Fsp3) is 0.182. The topological polar surface area (TPSA) is 112 Å². The average molecular weight is 438 g/mol. The van der Waals surface area contributed by atoms with Gasteiger partial charge in [-0.3, -0.25) is 10.1 Å². The van der Waals surface area contributed by atoms with E-state index in [1.807, 2.05) is 26.0 Å². The number of carboxylic acid groups (broad SMARTS) is 1. The first kappa shape index (κ1) is 22.0. The van der Waals surface area contributed by atoms with Gasteiger partial charge >= 0.3 is 5.97 Å². The number of carbonyl (C=O) groups is 1. The van der Waals surface area contributed by atoms with Crippen LogP contribution in [-0.2, 0) is 7.05 Å². The van der Waals surface area contributed by atoms with Crippen LogP contribution in [0.2, 0.25) is 0 Å². The zero-order valence-electron chi connectivity index (χ0n) is 17.6. The van der Waals surface area contributed by atoms with Gasteiger partial charge in [0.25, 0.3) is 0 Å². The summed E-state index contributed by atoms with van der Waals surface area (Å²) in [7, 11) is 1.77. The smallest absolute Gasteiger partial charge is 0.335 e. The molecule has 8 nitrogen and oxygen atoms in total. The summed E-state index contributed by atoms with van der Waals surface area (Å²) in [5.74, 6) is -0.957. The van der Waals surface area contributed by atoms with Crippen LogP contribution in [0.25, 0.3) is 11.3 Å². The quantitative estimate of drug-likeness (QED) is 0.273. The molecule has 0 amide bonds. The van der Waals surface area contributed by atoms with Gasteiger partial charge in [-0.1, -0.05) is 17.2 Å². The Morgan fingerprint density at radius 3 is 2.32 bits per heavy atom. The summed E-state index contributed by atoms with van der Waals surface area (Å²) in [4.78, 5) is 10.9. The van der Waals surface area contributed by atoms with Gasteiger partial charge in [-0.2, -0.15) is 10.2 Å². The molecule has 1 heterocycles. The van der Waals surface area contributed by atoms with Crippen molar-refractivity contribution in [1.29, 1.82) is 0 Å². The van der Waals surface area contributed by atoms with Gasteiger partial charge in [-0.05, 0) is 69.4 Å². The number of rotatable bonds is 5. The predicted molar refractivity (Wildman–Crippen MR) is 125 cm³/mol. The lowest BCUT2D eigenvalue weighted by atomic mass is 10.0. The van der Waals surface area contributed by atoms with E-state index >= 15 is 0 Å². The standard InChI is InChI=1S/C22H23N5O3S/c1-12-9-13(2)11-16(10-12)19-20(28)18(26-27(19)4)14(3)24-25-22(31)23-17-7-5-15(6-8-17)21(29)30/h5-11,28H,1-4H3,(H,29,30)(H2,23,25,31)/b24-14-. The Labute approximate surface area is 185 Å². The number of aromatic carboxylic acids is 1. The third-order valence-electron chi connectivity index (χ3n) is 4.57. The molecular weight excluding hydrogens is 414 g/mol. The number of hydrogen-bond donors (Lipinski definition) is 4. The van der Waals surface area contributed by atoms with Gasteiger partial charge in [0, 0.05) is 18.3 Å². The van der Waals surface area contributed by atoms with E-state index in [1.54, 1.807) is 30.8 Å². The van der Waals surface area contributed by atoms with E-state index in [2.05, 4.69) is 27.0 Å². The highest BCUT2D eigenvalue weighted by molar-refractivity contribution is 7.80. The van der Waals surface area contributed by atoms with E-state index < -0.39 is 5.97 Å². The monoisotopic (exact) mass is 437 g/mol. The Morgan fingerprint density at radius 2 is 1.74 bits per heavy atom. The van der Waals surface area contributed by atoms with Crippen molar-refractivity contribution in [2.75, 3.05) is 5.32 Å². The highest BCUT2D eigenvalue weighted by atomic mass is 32.1. The number of nitrogens with zero attached hydrogens (tertiary/aromatic N) is 3. The van der Waals surface area contributed by atoms with Crippen LogP contribution in [0.3, 0.4) is 0 Å². The van der Waals surface area contributed by atoms with Crippen molar-refractivity contribution in [2.24, 2.45) is 12.1 Å². The molecule has 0 saturated carbocycles. The number of aryl methyl sites for hydroxylation is 3. The minimum atomic E-state index is -0.997. The zero-order valence-corrected chi connectivity index (χ0v) is 18.4. The molecule has 1 aromatic heterocycles. The first-order valence-corrected chi connectivity index (χ1v) is 9.86. The number of anilines is 1. The van der Waals surface area contributed by atoms with Crippen molar-refractivity contribution in [3.05, 3.63) is 64.8 Å². The van der Waals surface area contributed by atoms with Gasteiger partial charge in [-0.25, -0.2) is 4.79 Å². The molecule has 4 N–H and O–H groups in total. The predicted octanol–water partition coefficient (Wildman–Crippen LogP) is 3.82. The lowest BCUT2D eigenvalue weighted by Gasteiger charge is -2.08. The fourth-order valence-corrected chi connectivity index (χ4v) is 3.40. The maximum atomic E-state index is 10.9. The molecule has 31 heavy (non-hydrogen) atoms. The summed E-state index contributed by atoms with van der Waals surface area (Å²) >= 11 is 5.22. The van der Waals surface area contributed by atoms with E-state index in [4.69, 9.17) is 17.3 Å². The van der Waals surface area contributed by atoms with Crippen LogP contribution in [0.1, 0.15) is 34.1 Å². The molecule has 0 aliphatic rings. The molecule has 0 saturated heterocycles. The Hall–Kier alpha value is -3.72. The number of benzene rings is 2. The third kappa shape index (κ3) is 5.07. The van der Waals surface area contributed by atoms with E-state index in [-0.39, 0.29) is 16.4 Å². The Morgan fingerprint density at radius 1 is 1.13 bits per heavy atom. The lowest BCUT2D eigenvalue weighted by molar-refractivity contribution is 0.0697. The number of hydrazone groups is 1. The molecule has 3 rings (SSSR count). The summed E-state index contributed by atoms with van der Waals surface area (Å²) in [5.41, 5.74) is 7.98. The van der Waals surface area contributed by atoms with Gasteiger partial charge in [0.05, 0.1) is 11.3 Å². The maximum Gasteiger partial charge on any atom is 0.335 e. The van der Waals surface area contributed by atoms with E-state index in [0.29, 0.717) is 22.8 Å². The molecule has 2 aromatic carbocycles. The zero-order chi connectivity index (χ0) is 22.7. The second kappa shape index (κ2) is 8.97. The van der Waals surface area contributed by atoms with Crippen LogP contribution in [0.5, 0.6) is 5.75 Å². The normalized spacial score (nSPS) is 11.3. The molecule has 0 unspecified atom stereocenters. The first-order chi connectivity index (χ1) is 14.7. The summed E-state index contributed by atoms with van der Waals surface area (Å²) in [5, 5.41) is 31.5. The van der Waals surface area contributed by atoms with Gasteiger partial charge in [0.2, 0.25) is 0 Å². The third-order valence-corrected chi connectivity index (χ3v) is 4.77. The maximum absolute atomic E-state index is 10.9. The highest BCUT2D eigenvalue weighted by Crippen LogP contribution is 2.33. The molecule has 0 bridgehead atoms. The van der Waals surface area contributed by atoms with Gasteiger partial charge < -0.3 is 15.5 Å². The van der Waals surface area contributed by atoms with Crippen LogP contribution < -0.4 is 10.7 Å². The number of aromatic nitrogens is 2. The van der Waals surface area contributed by atoms with Crippen LogP contribution in [0.15, 0.2) is 47.6 Å². The van der Waals surface area contributed by atoms with Crippen molar-refractivity contribution >= 4 is 34.7 Å². The number of carboxylic acids is 1. The molecular formula is C22H23N5O3S. The summed E-state index contributed by atoms with van der Waals surface area (Å²) in [6.07, 6.45) is 0. The molecule has 3 aromatic rings. The second-order valence-corrected chi connectivity index (χ2v) is 7.60. The highest BCUT2D eigenvalue weighted by Gasteiger charge is 2.19. The van der Waals surface area contributed by atoms with Crippen molar-refractivity contribution in [2.45, 2.75) is 20.8 Å². The summed E-state index contributed by atoms with van der Waals surface area (Å²) < 4.78 is 1.62. The second-order valence-electron chi connectivity index (χ2n) is 7.19. The van der Waals surface area contributed by atoms with Gasteiger partial charge in [0.1, 0.15) is 5.69 Å². The van der Waals surface area contributed by atoms with Crippen molar-refractivity contribution in [3.8, 4) is 17.0 Å². The van der Waals surface area contributed by atoms with Crippen molar-refractivity contribution in [3.63, 3.8) is 0 Å². The Balaban J connectivity index is 1.76. The fourth-order valence-electron chi connectivity index (χ4n) is 3.23. The van der Waals surface area contributed by atoms with Gasteiger partial charge in [0.15, 0.2) is 16.6 Å². The molecule has 0 aliphatic carbocycles. The van der Waals surface area contributed by atoms with Crippen LogP contribution in [-0.4, -0.2) is 36.8 Å². The van der Waals surface area contributed by atoms with Crippen molar-refractivity contribution < 1.29 is 15.0 Å². The Bertz CT molecular complexity index is 1160. The number of nitrogens with one attached hydrogen (secondary N) is 2. The largest absolute Gasteiger partial charge is 0.504 e. The van der Waals surface area contributed by atoms with E-state index in [1.165, 1.54) is 12.1 Å². The van der Waals surface area contributed by atoms with Crippen LogP contribution in [0, 0.1) is 13.8 Å². The minimum Gasteiger partial charge on any atom is -0.504 e.